The fourth-order valence-corrected chi connectivity index (χ4v) is 4.09. The van der Waals surface area contributed by atoms with Gasteiger partial charge >= 0.3 is 5.97 Å². The Labute approximate surface area is 135 Å². The largest absolute Gasteiger partial charge is 0.489 e. The minimum Gasteiger partial charge on any atom is -0.489 e. The lowest BCUT2D eigenvalue weighted by molar-refractivity contribution is -0.0194. The van der Waals surface area contributed by atoms with Gasteiger partial charge < -0.3 is 9.84 Å². The van der Waals surface area contributed by atoms with Crippen molar-refractivity contribution >= 4 is 5.97 Å². The summed E-state index contributed by atoms with van der Waals surface area (Å²) < 4.78 is 19.7. The quantitative estimate of drug-likeness (QED) is 0.925. The number of carboxylic acids is 1. The van der Waals surface area contributed by atoms with Crippen LogP contribution >= 0.6 is 0 Å². The maximum Gasteiger partial charge on any atom is 0.336 e. The Hall–Kier alpha value is -1.62. The fourth-order valence-electron chi connectivity index (χ4n) is 4.09. The van der Waals surface area contributed by atoms with Gasteiger partial charge in [0.05, 0.1) is 5.56 Å². The Morgan fingerprint density at radius 2 is 1.78 bits per heavy atom. The molecular weight excluding hydrogens is 297 g/mol. The van der Waals surface area contributed by atoms with Crippen LogP contribution in [0.15, 0.2) is 12.1 Å². The number of rotatable bonds is 4. The highest BCUT2D eigenvalue weighted by molar-refractivity contribution is 5.90. The Balaban J connectivity index is 1.64. The molecule has 0 spiro atoms. The molecule has 1 aromatic rings. The van der Waals surface area contributed by atoms with Gasteiger partial charge in [0.25, 0.3) is 0 Å². The number of halogens is 1. The molecule has 0 bridgehead atoms. The predicted molar refractivity (Wildman–Crippen MR) is 83.5 cm³/mol. The monoisotopic (exact) mass is 319 g/mol. The standard InChI is InChI=1S/C18H22FNO3/c19-16-8-7-14(18(21)22)15-9-13(10-23-17(15)16)20(11-3-1-4-11)12-5-2-6-12/h7-8,11-13H,1-6,9-10H2,(H,21,22)/t13-/m1/s1. The molecule has 1 atom stereocenters. The van der Waals surface area contributed by atoms with Crippen molar-refractivity contribution in [2.75, 3.05) is 6.61 Å². The SMILES string of the molecule is O=C(O)c1ccc(F)c2c1C[C@@H](N(C1CCC1)C1CCC1)CO2. The molecule has 0 radical (unpaired) electrons. The third-order valence-electron chi connectivity index (χ3n) is 5.72. The minimum absolute atomic E-state index is 0.142. The summed E-state index contributed by atoms with van der Waals surface area (Å²) in [5.74, 6) is -1.32. The number of nitrogens with zero attached hydrogens (tertiary/aromatic N) is 1. The summed E-state index contributed by atoms with van der Waals surface area (Å²) in [4.78, 5) is 14.0. The number of carboxylic acid groups (broad SMARTS) is 1. The molecule has 1 aromatic carbocycles. The van der Waals surface area contributed by atoms with Gasteiger partial charge in [-0.05, 0) is 44.2 Å². The van der Waals surface area contributed by atoms with E-state index in [1.54, 1.807) is 0 Å². The second kappa shape index (κ2) is 5.78. The zero-order valence-electron chi connectivity index (χ0n) is 13.1. The van der Waals surface area contributed by atoms with E-state index < -0.39 is 11.8 Å². The number of hydrogen-bond donors (Lipinski definition) is 1. The third-order valence-corrected chi connectivity index (χ3v) is 5.72. The number of hydrogen-bond acceptors (Lipinski definition) is 3. The highest BCUT2D eigenvalue weighted by Crippen LogP contribution is 2.39. The molecule has 0 unspecified atom stereocenters. The van der Waals surface area contributed by atoms with E-state index in [9.17, 15) is 14.3 Å². The van der Waals surface area contributed by atoms with Crippen LogP contribution in [0.25, 0.3) is 0 Å². The second-order valence-corrected chi connectivity index (χ2v) is 6.99. The third kappa shape index (κ3) is 2.51. The predicted octanol–water partition coefficient (Wildman–Crippen LogP) is 3.23. The van der Waals surface area contributed by atoms with Crippen LogP contribution in [0.3, 0.4) is 0 Å². The van der Waals surface area contributed by atoms with Crippen molar-refractivity contribution in [2.24, 2.45) is 0 Å². The lowest BCUT2D eigenvalue weighted by atomic mass is 9.82. The van der Waals surface area contributed by atoms with Crippen LogP contribution in [0.4, 0.5) is 4.39 Å². The van der Waals surface area contributed by atoms with Gasteiger partial charge in [0.1, 0.15) is 6.61 Å². The van der Waals surface area contributed by atoms with E-state index in [2.05, 4.69) is 4.90 Å². The van der Waals surface area contributed by atoms with E-state index >= 15 is 0 Å². The molecular formula is C18H22FNO3. The number of benzene rings is 1. The van der Waals surface area contributed by atoms with Gasteiger partial charge in [-0.2, -0.15) is 0 Å². The number of carbonyl (C=O) groups is 1. The molecule has 4 nitrogen and oxygen atoms in total. The van der Waals surface area contributed by atoms with Gasteiger partial charge in [-0.15, -0.1) is 0 Å². The molecule has 124 valence electrons. The first kappa shape index (κ1) is 14.9. The molecule has 0 aromatic heterocycles. The second-order valence-electron chi connectivity index (χ2n) is 6.99. The Morgan fingerprint density at radius 3 is 2.30 bits per heavy atom. The fraction of sp³-hybridized carbons (Fsp3) is 0.611. The summed E-state index contributed by atoms with van der Waals surface area (Å²) in [6.07, 6.45) is 7.98. The van der Waals surface area contributed by atoms with Gasteiger partial charge in [0.2, 0.25) is 0 Å². The lowest BCUT2D eigenvalue weighted by Gasteiger charge is -2.51. The van der Waals surface area contributed by atoms with Gasteiger partial charge in [-0.1, -0.05) is 12.8 Å². The molecule has 2 aliphatic carbocycles. The van der Waals surface area contributed by atoms with Gasteiger partial charge in [-0.3, -0.25) is 4.90 Å². The molecule has 1 aliphatic heterocycles. The van der Waals surface area contributed by atoms with E-state index in [-0.39, 0.29) is 17.4 Å². The average molecular weight is 319 g/mol. The van der Waals surface area contributed by atoms with Gasteiger partial charge in [0.15, 0.2) is 11.6 Å². The van der Waals surface area contributed by atoms with E-state index in [1.807, 2.05) is 0 Å². The van der Waals surface area contributed by atoms with Crippen molar-refractivity contribution in [3.05, 3.63) is 29.1 Å². The first-order valence-electron chi connectivity index (χ1n) is 8.60. The number of fused-ring (bicyclic) bond motifs is 1. The summed E-state index contributed by atoms with van der Waals surface area (Å²) in [6, 6.07) is 3.91. The molecule has 4 rings (SSSR count). The zero-order valence-corrected chi connectivity index (χ0v) is 13.1. The van der Waals surface area contributed by atoms with Crippen molar-refractivity contribution in [2.45, 2.75) is 63.1 Å². The number of ether oxygens (including phenoxy) is 1. The normalized spacial score (nSPS) is 24.5. The van der Waals surface area contributed by atoms with Crippen molar-refractivity contribution in [3.8, 4) is 5.75 Å². The first-order valence-corrected chi connectivity index (χ1v) is 8.60. The highest BCUT2D eigenvalue weighted by Gasteiger charge is 2.40. The molecule has 2 saturated carbocycles. The molecule has 5 heteroatoms. The molecule has 1 heterocycles. The molecule has 2 fully saturated rings. The lowest BCUT2D eigenvalue weighted by Crippen LogP contribution is -2.57. The van der Waals surface area contributed by atoms with Crippen LogP contribution in [0, 0.1) is 5.82 Å². The molecule has 3 aliphatic rings. The Morgan fingerprint density at radius 1 is 1.13 bits per heavy atom. The van der Waals surface area contributed by atoms with Crippen molar-refractivity contribution < 1.29 is 19.0 Å². The maximum atomic E-state index is 14.0. The topological polar surface area (TPSA) is 49.8 Å². The van der Waals surface area contributed by atoms with Crippen LogP contribution in [0.5, 0.6) is 5.75 Å². The molecule has 0 saturated heterocycles. The van der Waals surface area contributed by atoms with E-state index in [0.29, 0.717) is 30.7 Å². The van der Waals surface area contributed by atoms with Gasteiger partial charge in [-0.25, -0.2) is 9.18 Å². The summed E-state index contributed by atoms with van der Waals surface area (Å²) in [5.41, 5.74) is 0.700. The Kier molecular flexibility index (Phi) is 3.76. The van der Waals surface area contributed by atoms with Crippen LogP contribution < -0.4 is 4.74 Å². The van der Waals surface area contributed by atoms with Crippen molar-refractivity contribution in [1.29, 1.82) is 0 Å². The van der Waals surface area contributed by atoms with Crippen LogP contribution in [-0.2, 0) is 6.42 Å². The number of aromatic carboxylic acids is 1. The van der Waals surface area contributed by atoms with Crippen molar-refractivity contribution in [3.63, 3.8) is 0 Å². The summed E-state index contributed by atoms with van der Waals surface area (Å²) >= 11 is 0. The van der Waals surface area contributed by atoms with Crippen LogP contribution in [0.1, 0.15) is 54.4 Å². The van der Waals surface area contributed by atoms with E-state index in [4.69, 9.17) is 4.74 Å². The smallest absolute Gasteiger partial charge is 0.336 e. The van der Waals surface area contributed by atoms with Gasteiger partial charge in [0, 0.05) is 23.7 Å². The molecule has 23 heavy (non-hydrogen) atoms. The molecule has 1 N–H and O–H groups in total. The zero-order chi connectivity index (χ0) is 16.0. The van der Waals surface area contributed by atoms with Crippen molar-refractivity contribution in [1.82, 2.24) is 4.90 Å². The summed E-state index contributed by atoms with van der Waals surface area (Å²) in [6.45, 7) is 0.458. The Bertz CT molecular complexity index is 611. The first-order chi connectivity index (χ1) is 11.1. The summed E-state index contributed by atoms with van der Waals surface area (Å²) in [7, 11) is 0. The van der Waals surface area contributed by atoms with E-state index in [1.165, 1.54) is 50.7 Å². The van der Waals surface area contributed by atoms with Crippen LogP contribution in [-0.4, -0.2) is 40.7 Å². The summed E-state index contributed by atoms with van der Waals surface area (Å²) in [5, 5.41) is 9.40. The molecule has 0 amide bonds. The van der Waals surface area contributed by atoms with E-state index in [0.717, 1.165) is 0 Å². The minimum atomic E-state index is -1.01. The highest BCUT2D eigenvalue weighted by atomic mass is 19.1. The van der Waals surface area contributed by atoms with Crippen LogP contribution in [0.2, 0.25) is 0 Å². The average Bonchev–Trinajstić information content (AvgIpc) is 2.42. The maximum absolute atomic E-state index is 14.0.